The van der Waals surface area contributed by atoms with Crippen LogP contribution in [0.25, 0.3) is 0 Å². The first-order valence-corrected chi connectivity index (χ1v) is 4.24. The zero-order valence-electron chi connectivity index (χ0n) is 6.14. The molecule has 0 amide bonds. The molecule has 1 N–H and O–H groups in total. The quantitative estimate of drug-likeness (QED) is 0.760. The van der Waals surface area contributed by atoms with Gasteiger partial charge in [-0.05, 0) is 23.7 Å². The molecule has 0 aliphatic heterocycles. The predicted octanol–water partition coefficient (Wildman–Crippen LogP) is 1.68. The molecule has 2 heterocycles. The van der Waals surface area contributed by atoms with Gasteiger partial charge in [0.1, 0.15) is 5.82 Å². The molecule has 5 heteroatoms. The van der Waals surface area contributed by atoms with Gasteiger partial charge in [0, 0.05) is 6.20 Å². The molecule has 0 radical (unpaired) electrons. The molecule has 0 aliphatic carbocycles. The zero-order valence-corrected chi connectivity index (χ0v) is 6.95. The summed E-state index contributed by atoms with van der Waals surface area (Å²) in [5.74, 6) is 1.52. The third-order valence-electron chi connectivity index (χ3n) is 1.28. The van der Waals surface area contributed by atoms with Gasteiger partial charge < -0.3 is 5.32 Å². The standard InChI is InChI=1S/C7H6N4S/c1-2-4-8-6(3-1)9-7-5-12-11-10-7/h1-5H,(H,8,9). The summed E-state index contributed by atoms with van der Waals surface area (Å²) in [5.41, 5.74) is 0. The van der Waals surface area contributed by atoms with E-state index in [9.17, 15) is 0 Å². The van der Waals surface area contributed by atoms with Crippen molar-refractivity contribution < 1.29 is 0 Å². The Morgan fingerprint density at radius 1 is 1.25 bits per heavy atom. The number of anilines is 2. The minimum absolute atomic E-state index is 0.735. The maximum absolute atomic E-state index is 4.08. The van der Waals surface area contributed by atoms with Gasteiger partial charge in [0.15, 0.2) is 5.82 Å². The number of nitrogens with zero attached hydrogens (tertiary/aromatic N) is 3. The highest BCUT2D eigenvalue weighted by Crippen LogP contribution is 2.10. The molecule has 0 aromatic carbocycles. The van der Waals surface area contributed by atoms with Gasteiger partial charge in [0.25, 0.3) is 0 Å². The first-order chi connectivity index (χ1) is 5.95. The smallest absolute Gasteiger partial charge is 0.166 e. The van der Waals surface area contributed by atoms with E-state index >= 15 is 0 Å². The van der Waals surface area contributed by atoms with E-state index in [1.807, 2.05) is 23.6 Å². The normalized spacial score (nSPS) is 9.67. The van der Waals surface area contributed by atoms with Crippen molar-refractivity contribution in [2.45, 2.75) is 0 Å². The molecule has 0 aliphatic rings. The van der Waals surface area contributed by atoms with Crippen molar-refractivity contribution in [2.75, 3.05) is 5.32 Å². The van der Waals surface area contributed by atoms with E-state index in [4.69, 9.17) is 0 Å². The van der Waals surface area contributed by atoms with Crippen LogP contribution in [0.4, 0.5) is 11.6 Å². The van der Waals surface area contributed by atoms with Crippen LogP contribution in [0.3, 0.4) is 0 Å². The van der Waals surface area contributed by atoms with Crippen molar-refractivity contribution in [3.8, 4) is 0 Å². The molecular formula is C7H6N4S. The number of hydrogen-bond donors (Lipinski definition) is 1. The van der Waals surface area contributed by atoms with Gasteiger partial charge in [-0.25, -0.2) is 4.98 Å². The molecule has 0 bridgehead atoms. The molecule has 0 fully saturated rings. The van der Waals surface area contributed by atoms with Gasteiger partial charge in [-0.3, -0.25) is 0 Å². The molecule has 0 saturated carbocycles. The van der Waals surface area contributed by atoms with Crippen molar-refractivity contribution in [3.05, 3.63) is 29.8 Å². The third kappa shape index (κ3) is 1.57. The Morgan fingerprint density at radius 3 is 2.92 bits per heavy atom. The summed E-state index contributed by atoms with van der Waals surface area (Å²) >= 11 is 1.31. The fraction of sp³-hybridized carbons (Fsp3) is 0. The molecule has 2 rings (SSSR count). The Kier molecular flexibility index (Phi) is 1.96. The Labute approximate surface area is 73.4 Å². The maximum atomic E-state index is 4.08. The van der Waals surface area contributed by atoms with Crippen LogP contribution in [0.15, 0.2) is 29.8 Å². The Hall–Kier alpha value is -1.49. The van der Waals surface area contributed by atoms with Gasteiger partial charge >= 0.3 is 0 Å². The van der Waals surface area contributed by atoms with Gasteiger partial charge in [-0.1, -0.05) is 10.6 Å². The van der Waals surface area contributed by atoms with E-state index in [0.717, 1.165) is 11.6 Å². The van der Waals surface area contributed by atoms with Crippen LogP contribution in [0.1, 0.15) is 0 Å². The SMILES string of the molecule is c1ccc(Nc2csnn2)nc1. The first-order valence-electron chi connectivity index (χ1n) is 3.40. The summed E-state index contributed by atoms with van der Waals surface area (Å²) in [4.78, 5) is 4.08. The van der Waals surface area contributed by atoms with Crippen molar-refractivity contribution in [3.63, 3.8) is 0 Å². The Morgan fingerprint density at radius 2 is 2.25 bits per heavy atom. The lowest BCUT2D eigenvalue weighted by Crippen LogP contribution is -1.92. The van der Waals surface area contributed by atoms with E-state index in [2.05, 4.69) is 19.9 Å². The van der Waals surface area contributed by atoms with Crippen molar-refractivity contribution >= 4 is 23.2 Å². The second-order valence-corrected chi connectivity index (χ2v) is 2.74. The Balaban J connectivity index is 2.15. The monoisotopic (exact) mass is 178 g/mol. The lowest BCUT2D eigenvalue weighted by Gasteiger charge is -1.97. The minimum atomic E-state index is 0.735. The highest BCUT2D eigenvalue weighted by molar-refractivity contribution is 7.03. The fourth-order valence-electron chi connectivity index (χ4n) is 0.787. The highest BCUT2D eigenvalue weighted by Gasteiger charge is 1.95. The molecule has 60 valence electrons. The molecule has 2 aromatic rings. The van der Waals surface area contributed by atoms with Gasteiger partial charge in [-0.2, -0.15) is 0 Å². The minimum Gasteiger partial charge on any atom is -0.323 e. The fourth-order valence-corrected chi connectivity index (χ4v) is 1.18. The number of hydrogen-bond acceptors (Lipinski definition) is 5. The van der Waals surface area contributed by atoms with E-state index < -0.39 is 0 Å². The summed E-state index contributed by atoms with van der Waals surface area (Å²) < 4.78 is 3.72. The molecule has 2 aromatic heterocycles. The van der Waals surface area contributed by atoms with Crippen molar-refractivity contribution in [2.24, 2.45) is 0 Å². The van der Waals surface area contributed by atoms with Crippen LogP contribution in [-0.4, -0.2) is 14.6 Å². The number of rotatable bonds is 2. The van der Waals surface area contributed by atoms with Crippen LogP contribution in [0.2, 0.25) is 0 Å². The number of pyridine rings is 1. The topological polar surface area (TPSA) is 50.7 Å². The molecule has 0 spiro atoms. The summed E-state index contributed by atoms with van der Waals surface area (Å²) in [5, 5.41) is 8.67. The zero-order chi connectivity index (χ0) is 8.23. The lowest BCUT2D eigenvalue weighted by atomic mass is 10.5. The second kappa shape index (κ2) is 3.27. The lowest BCUT2D eigenvalue weighted by molar-refractivity contribution is 1.15. The third-order valence-corrected chi connectivity index (χ3v) is 1.79. The molecule has 0 saturated heterocycles. The predicted molar refractivity (Wildman–Crippen MR) is 47.4 cm³/mol. The molecule has 0 unspecified atom stereocenters. The Bertz CT molecular complexity index is 332. The van der Waals surface area contributed by atoms with Crippen molar-refractivity contribution in [1.29, 1.82) is 0 Å². The van der Waals surface area contributed by atoms with Crippen LogP contribution in [0.5, 0.6) is 0 Å². The van der Waals surface area contributed by atoms with Crippen LogP contribution >= 0.6 is 11.5 Å². The van der Waals surface area contributed by atoms with E-state index in [1.165, 1.54) is 11.5 Å². The van der Waals surface area contributed by atoms with E-state index in [0.29, 0.717) is 0 Å². The summed E-state index contributed by atoms with van der Waals surface area (Å²) in [6, 6.07) is 5.65. The van der Waals surface area contributed by atoms with Gasteiger partial charge in [0.2, 0.25) is 0 Å². The molecular weight excluding hydrogens is 172 g/mol. The molecule has 12 heavy (non-hydrogen) atoms. The van der Waals surface area contributed by atoms with Crippen molar-refractivity contribution in [1.82, 2.24) is 14.6 Å². The molecule has 4 nitrogen and oxygen atoms in total. The van der Waals surface area contributed by atoms with Crippen LogP contribution in [-0.2, 0) is 0 Å². The first kappa shape index (κ1) is 7.17. The highest BCUT2D eigenvalue weighted by atomic mass is 32.1. The van der Waals surface area contributed by atoms with Gasteiger partial charge in [0.05, 0.1) is 5.38 Å². The largest absolute Gasteiger partial charge is 0.323 e. The summed E-state index contributed by atoms with van der Waals surface area (Å²) in [6.45, 7) is 0. The van der Waals surface area contributed by atoms with Crippen LogP contribution in [0, 0.1) is 0 Å². The van der Waals surface area contributed by atoms with E-state index in [1.54, 1.807) is 6.20 Å². The summed E-state index contributed by atoms with van der Waals surface area (Å²) in [6.07, 6.45) is 1.72. The average Bonchev–Trinajstić information content (AvgIpc) is 2.59. The number of nitrogens with one attached hydrogen (secondary N) is 1. The maximum Gasteiger partial charge on any atom is 0.166 e. The summed E-state index contributed by atoms with van der Waals surface area (Å²) in [7, 11) is 0. The van der Waals surface area contributed by atoms with Gasteiger partial charge in [-0.15, -0.1) is 5.10 Å². The van der Waals surface area contributed by atoms with Crippen LogP contribution < -0.4 is 5.32 Å². The second-order valence-electron chi connectivity index (χ2n) is 2.13. The average molecular weight is 178 g/mol. The number of aromatic nitrogens is 3. The van der Waals surface area contributed by atoms with E-state index in [-0.39, 0.29) is 0 Å². The molecule has 0 atom stereocenters.